The maximum atomic E-state index is 6.46. The standard InChI is InChI=1S/C58H45NOS/c1-2-15-38(16-3-1)44-23-12-17-40-18-13-25-50(57(40)44)46-20-5-9-28-53(46)59(42-34-31-39(32-35-42)45-24-14-26-51-49-22-7-11-30-56(49)61-58(45)51)52-27-8-4-19-43(52)41-33-36-48-47-21-6-10-29-54(47)60-55(48)37-41/h4-12,14,17-24,26-38H,1-3,13,15-16,25H2. The van der Waals surface area contributed by atoms with Gasteiger partial charge in [-0.1, -0.05) is 153 Å². The van der Waals surface area contributed by atoms with E-state index in [9.17, 15) is 0 Å². The normalized spacial score (nSPS) is 14.5. The summed E-state index contributed by atoms with van der Waals surface area (Å²) in [4.78, 5) is 2.52. The molecule has 1 saturated carbocycles. The summed E-state index contributed by atoms with van der Waals surface area (Å²) in [5.41, 5.74) is 14.4. The second kappa shape index (κ2) is 15.1. The van der Waals surface area contributed by atoms with Gasteiger partial charge in [0, 0.05) is 47.8 Å². The van der Waals surface area contributed by atoms with E-state index >= 15 is 0 Å². The average molecular weight is 804 g/mol. The molecule has 0 unspecified atom stereocenters. The Morgan fingerprint density at radius 3 is 2.05 bits per heavy atom. The van der Waals surface area contributed by atoms with Crippen LogP contribution in [0.4, 0.5) is 17.1 Å². The third kappa shape index (κ3) is 6.21. The van der Waals surface area contributed by atoms with Gasteiger partial charge in [0.15, 0.2) is 0 Å². The highest BCUT2D eigenvalue weighted by atomic mass is 32.1. The summed E-state index contributed by atoms with van der Waals surface area (Å²) < 4.78 is 9.13. The fraction of sp³-hybridized carbons (Fsp3) is 0.138. The lowest BCUT2D eigenvalue weighted by Crippen LogP contribution is -2.35. The predicted molar refractivity (Wildman–Crippen MR) is 260 cm³/mol. The van der Waals surface area contributed by atoms with E-state index in [1.807, 2.05) is 17.4 Å². The molecule has 10 aromatic rings. The molecule has 0 aliphatic heterocycles. The molecule has 61 heavy (non-hydrogen) atoms. The molecule has 0 atom stereocenters. The molecule has 0 amide bonds. The van der Waals surface area contributed by atoms with E-state index in [1.165, 1.54) is 90.7 Å². The summed E-state index contributed by atoms with van der Waals surface area (Å²) in [6.07, 6.45) is 11.1. The zero-order valence-electron chi connectivity index (χ0n) is 34.1. The first-order valence-corrected chi connectivity index (χ1v) is 22.8. The van der Waals surface area contributed by atoms with Crippen LogP contribution in [-0.4, -0.2) is 0 Å². The van der Waals surface area contributed by atoms with Crippen LogP contribution in [0.25, 0.3) is 76.0 Å². The highest BCUT2D eigenvalue weighted by molar-refractivity contribution is 7.26. The Balaban J connectivity index is 1.07. The fourth-order valence-corrected chi connectivity index (χ4v) is 11.8. The maximum Gasteiger partial charge on any atom is 0.136 e. The number of para-hydroxylation sites is 3. The van der Waals surface area contributed by atoms with Crippen molar-refractivity contribution in [3.63, 3.8) is 0 Å². The van der Waals surface area contributed by atoms with Crippen molar-refractivity contribution in [2.24, 2.45) is 0 Å². The third-order valence-corrected chi connectivity index (χ3v) is 14.6. The Bertz CT molecular complexity index is 3420. The molecular formula is C58H45NOS. The Kier molecular flexibility index (Phi) is 8.96. The highest BCUT2D eigenvalue weighted by Gasteiger charge is 2.25. The van der Waals surface area contributed by atoms with Crippen molar-refractivity contribution in [2.45, 2.75) is 50.9 Å². The number of nitrogens with zero attached hydrogens (tertiary/aromatic N) is 1. The zero-order chi connectivity index (χ0) is 40.3. The second-order valence-electron chi connectivity index (χ2n) is 16.9. The van der Waals surface area contributed by atoms with Crippen LogP contribution in [0.2, 0.25) is 0 Å². The Hall–Kier alpha value is -6.68. The molecule has 0 saturated heterocycles. The number of rotatable bonds is 7. The van der Waals surface area contributed by atoms with Gasteiger partial charge < -0.3 is 9.32 Å². The zero-order valence-corrected chi connectivity index (χ0v) is 34.9. The van der Waals surface area contributed by atoms with Gasteiger partial charge in [-0.3, -0.25) is 0 Å². The minimum Gasteiger partial charge on any atom is -0.456 e. The fourth-order valence-electron chi connectivity index (χ4n) is 10.5. The number of furan rings is 1. The van der Waals surface area contributed by atoms with Crippen molar-refractivity contribution in [3.8, 4) is 22.3 Å². The van der Waals surface area contributed by atoms with Crippen molar-refractivity contribution in [1.82, 2.24) is 0 Å². The third-order valence-electron chi connectivity index (χ3n) is 13.4. The summed E-state index contributed by atoms with van der Waals surface area (Å²) in [6, 6.07) is 65.1. The molecule has 2 aliphatic rings. The van der Waals surface area contributed by atoms with E-state index < -0.39 is 0 Å². The van der Waals surface area contributed by atoms with Crippen molar-refractivity contribution in [3.05, 3.63) is 197 Å². The van der Waals surface area contributed by atoms with Gasteiger partial charge in [0.1, 0.15) is 11.2 Å². The Morgan fingerprint density at radius 1 is 0.508 bits per heavy atom. The molecule has 3 heteroatoms. The summed E-state index contributed by atoms with van der Waals surface area (Å²) in [6.45, 7) is 0. The molecule has 2 heterocycles. The Labute approximate surface area is 360 Å². The van der Waals surface area contributed by atoms with Crippen molar-refractivity contribution in [1.29, 1.82) is 0 Å². The minimum absolute atomic E-state index is 0.611. The first kappa shape index (κ1) is 36.2. The van der Waals surface area contributed by atoms with Gasteiger partial charge >= 0.3 is 0 Å². The number of hydrogen-bond acceptors (Lipinski definition) is 3. The SMILES string of the molecule is C1=c2cccc(C3CCCCC3)c2=C(c2ccccc2N(c2ccc(-c3cccc4c3sc3ccccc34)cc2)c2ccccc2-c2ccc3c(c2)oc2ccccc23)CC1. The van der Waals surface area contributed by atoms with E-state index in [2.05, 4.69) is 181 Å². The predicted octanol–water partition coefficient (Wildman–Crippen LogP) is 15.6. The first-order chi connectivity index (χ1) is 30.3. The molecule has 294 valence electrons. The van der Waals surface area contributed by atoms with Gasteiger partial charge in [-0.15, -0.1) is 11.3 Å². The lowest BCUT2D eigenvalue weighted by atomic mass is 9.80. The van der Waals surface area contributed by atoms with E-state index in [4.69, 9.17) is 4.42 Å². The topological polar surface area (TPSA) is 16.4 Å². The first-order valence-electron chi connectivity index (χ1n) is 22.0. The largest absolute Gasteiger partial charge is 0.456 e. The second-order valence-corrected chi connectivity index (χ2v) is 17.9. The number of anilines is 3. The van der Waals surface area contributed by atoms with Gasteiger partial charge in [0.25, 0.3) is 0 Å². The monoisotopic (exact) mass is 803 g/mol. The number of thiophene rings is 1. The summed E-state index contributed by atoms with van der Waals surface area (Å²) >= 11 is 1.89. The molecule has 2 aliphatic carbocycles. The van der Waals surface area contributed by atoms with Gasteiger partial charge in [-0.25, -0.2) is 0 Å². The molecule has 2 nitrogen and oxygen atoms in total. The quantitative estimate of drug-likeness (QED) is 0.160. The van der Waals surface area contributed by atoms with Gasteiger partial charge in [0.05, 0.1) is 11.4 Å². The van der Waals surface area contributed by atoms with Crippen molar-refractivity contribution >= 4 is 82.2 Å². The molecule has 8 aromatic carbocycles. The van der Waals surface area contributed by atoms with Crippen LogP contribution >= 0.6 is 11.3 Å². The molecule has 0 bridgehead atoms. The smallest absolute Gasteiger partial charge is 0.136 e. The number of hydrogen-bond donors (Lipinski definition) is 0. The van der Waals surface area contributed by atoms with E-state index in [0.29, 0.717) is 5.92 Å². The molecule has 0 N–H and O–H groups in total. The number of fused-ring (bicyclic) bond motifs is 7. The molecule has 0 spiro atoms. The number of benzene rings is 8. The molecular weight excluding hydrogens is 759 g/mol. The van der Waals surface area contributed by atoms with Gasteiger partial charge in [0.2, 0.25) is 0 Å². The van der Waals surface area contributed by atoms with Crippen LogP contribution in [0.3, 0.4) is 0 Å². The van der Waals surface area contributed by atoms with Gasteiger partial charge in [-0.05, 0) is 118 Å². The summed E-state index contributed by atoms with van der Waals surface area (Å²) in [7, 11) is 0. The van der Waals surface area contributed by atoms with Crippen LogP contribution in [0, 0.1) is 0 Å². The summed E-state index contributed by atoms with van der Waals surface area (Å²) in [5.74, 6) is 0.611. The van der Waals surface area contributed by atoms with Crippen molar-refractivity contribution < 1.29 is 4.42 Å². The van der Waals surface area contributed by atoms with E-state index in [0.717, 1.165) is 57.3 Å². The molecule has 2 aromatic heterocycles. The van der Waals surface area contributed by atoms with E-state index in [-0.39, 0.29) is 0 Å². The van der Waals surface area contributed by atoms with Crippen LogP contribution < -0.4 is 15.3 Å². The molecule has 12 rings (SSSR count). The molecule has 0 radical (unpaired) electrons. The van der Waals surface area contributed by atoms with Crippen LogP contribution in [-0.2, 0) is 0 Å². The van der Waals surface area contributed by atoms with Crippen molar-refractivity contribution in [2.75, 3.05) is 4.90 Å². The Morgan fingerprint density at radius 2 is 1.18 bits per heavy atom. The average Bonchev–Trinajstić information content (AvgIpc) is 3.90. The lowest BCUT2D eigenvalue weighted by Gasteiger charge is -2.31. The van der Waals surface area contributed by atoms with Crippen LogP contribution in [0.1, 0.15) is 62.0 Å². The lowest BCUT2D eigenvalue weighted by molar-refractivity contribution is 0.442. The van der Waals surface area contributed by atoms with Crippen LogP contribution in [0.15, 0.2) is 180 Å². The summed E-state index contributed by atoms with van der Waals surface area (Å²) in [5, 5.41) is 7.80. The van der Waals surface area contributed by atoms with E-state index in [1.54, 1.807) is 5.56 Å². The highest BCUT2D eigenvalue weighted by Crippen LogP contribution is 2.46. The van der Waals surface area contributed by atoms with Crippen LogP contribution in [0.5, 0.6) is 0 Å². The maximum absolute atomic E-state index is 6.46. The molecule has 1 fully saturated rings. The minimum atomic E-state index is 0.611. The van der Waals surface area contributed by atoms with Gasteiger partial charge in [-0.2, -0.15) is 0 Å².